The number of aromatic nitrogens is 2. The van der Waals surface area contributed by atoms with Gasteiger partial charge in [-0.3, -0.25) is 9.59 Å². The molecule has 0 unspecified atom stereocenters. The van der Waals surface area contributed by atoms with Crippen LogP contribution in [0.25, 0.3) is 0 Å². The molecule has 0 atom stereocenters. The van der Waals surface area contributed by atoms with Crippen molar-refractivity contribution < 1.29 is 22.8 Å². The number of hydrogen-bond donors (Lipinski definition) is 2. The topological polar surface area (TPSA) is 90.0 Å². The largest absolute Gasteiger partial charge is 0.408 e. The van der Waals surface area contributed by atoms with Crippen LogP contribution in [0.5, 0.6) is 0 Å². The lowest BCUT2D eigenvalue weighted by molar-refractivity contribution is -0.142. The second kappa shape index (κ2) is 7.04. The Labute approximate surface area is 153 Å². The van der Waals surface area contributed by atoms with Gasteiger partial charge in [0.15, 0.2) is 0 Å². The molecular weight excluding hydrogens is 429 g/mol. The molecule has 0 aliphatic rings. The quantitative estimate of drug-likeness (QED) is 0.764. The minimum atomic E-state index is -4.56. The molecule has 11 heteroatoms. The van der Waals surface area contributed by atoms with Gasteiger partial charge in [-0.05, 0) is 40.5 Å². The predicted octanol–water partition coefficient (Wildman–Crippen LogP) is 3.52. The zero-order chi connectivity index (χ0) is 18.9. The molecule has 2 amide bonds. The molecule has 1 aromatic heterocycles. The smallest absolute Gasteiger partial charge is 0.366 e. The van der Waals surface area contributed by atoms with Crippen molar-refractivity contribution >= 4 is 45.0 Å². The number of nitrogens with one attached hydrogen (secondary N) is 1. The number of hydrogen-bond acceptors (Lipinski definition) is 3. The summed E-state index contributed by atoms with van der Waals surface area (Å²) in [5.41, 5.74) is 5.36. The van der Waals surface area contributed by atoms with Crippen LogP contribution < -0.4 is 11.1 Å². The highest BCUT2D eigenvalue weighted by Crippen LogP contribution is 2.27. The summed E-state index contributed by atoms with van der Waals surface area (Å²) in [7, 11) is 0. The molecule has 0 aliphatic heterocycles. The number of alkyl halides is 3. The number of nitrogens with two attached hydrogens (primary N) is 1. The fraction of sp³-hybridized carbons (Fsp3) is 0.214. The lowest BCUT2D eigenvalue weighted by Crippen LogP contribution is -2.25. The molecule has 0 bridgehead atoms. The summed E-state index contributed by atoms with van der Waals surface area (Å²) in [5, 5.41) is 6.22. The van der Waals surface area contributed by atoms with Crippen molar-refractivity contribution in [2.24, 2.45) is 5.73 Å². The van der Waals surface area contributed by atoms with E-state index in [1.807, 2.05) is 0 Å². The summed E-state index contributed by atoms with van der Waals surface area (Å²) < 4.78 is 38.4. The number of rotatable bonds is 4. The van der Waals surface area contributed by atoms with E-state index in [1.54, 1.807) is 6.92 Å². The third-order valence-electron chi connectivity index (χ3n) is 3.12. The van der Waals surface area contributed by atoms with Crippen molar-refractivity contribution in [1.29, 1.82) is 0 Å². The summed E-state index contributed by atoms with van der Waals surface area (Å²) in [6.07, 6.45) is -4.56. The van der Waals surface area contributed by atoms with Crippen LogP contribution in [-0.4, -0.2) is 27.8 Å². The van der Waals surface area contributed by atoms with Crippen LogP contribution in [-0.2, 0) is 6.54 Å². The van der Waals surface area contributed by atoms with Crippen LogP contribution in [0.15, 0.2) is 22.8 Å². The normalized spacial score (nSPS) is 11.4. The Hall–Kier alpha value is -2.07. The summed E-state index contributed by atoms with van der Waals surface area (Å²) >= 11 is 8.79. The van der Waals surface area contributed by atoms with E-state index < -0.39 is 24.5 Å². The summed E-state index contributed by atoms with van der Waals surface area (Å²) in [6, 6.07) is 3.87. The first-order chi connectivity index (χ1) is 11.5. The molecule has 3 N–H and O–H groups in total. The zero-order valence-corrected chi connectivity index (χ0v) is 15.0. The standard InChI is InChI=1S/C14H11BrClF3N4O2/c1-6-2-7(16)3-8(12(20)24)11(6)21-13(25)9-4-10(15)22-23(9)5-14(17,18)19/h2-4H,5H2,1H3,(H2,20,24)(H,21,25). The zero-order valence-electron chi connectivity index (χ0n) is 12.6. The van der Waals surface area contributed by atoms with Gasteiger partial charge < -0.3 is 11.1 Å². The van der Waals surface area contributed by atoms with Crippen LogP contribution >= 0.6 is 27.5 Å². The second-order valence-electron chi connectivity index (χ2n) is 5.09. The van der Waals surface area contributed by atoms with Crippen LogP contribution in [0.3, 0.4) is 0 Å². The van der Waals surface area contributed by atoms with Gasteiger partial charge in [0.25, 0.3) is 11.8 Å². The van der Waals surface area contributed by atoms with E-state index in [-0.39, 0.29) is 26.6 Å². The van der Waals surface area contributed by atoms with E-state index in [9.17, 15) is 22.8 Å². The van der Waals surface area contributed by atoms with Gasteiger partial charge >= 0.3 is 6.18 Å². The molecule has 0 radical (unpaired) electrons. The maximum Gasteiger partial charge on any atom is 0.408 e. The summed E-state index contributed by atoms with van der Waals surface area (Å²) in [6.45, 7) is 0.125. The number of nitrogens with zero attached hydrogens (tertiary/aromatic N) is 2. The van der Waals surface area contributed by atoms with E-state index in [4.69, 9.17) is 17.3 Å². The van der Waals surface area contributed by atoms with Gasteiger partial charge in [-0.25, -0.2) is 4.68 Å². The number of benzene rings is 1. The molecule has 0 spiro atoms. The van der Waals surface area contributed by atoms with Crippen molar-refractivity contribution in [1.82, 2.24) is 9.78 Å². The third kappa shape index (κ3) is 4.73. The van der Waals surface area contributed by atoms with Crippen molar-refractivity contribution in [2.45, 2.75) is 19.6 Å². The summed E-state index contributed by atoms with van der Waals surface area (Å²) in [5.74, 6) is -1.72. The lowest BCUT2D eigenvalue weighted by Gasteiger charge is -2.14. The van der Waals surface area contributed by atoms with Gasteiger partial charge in [0.2, 0.25) is 0 Å². The molecule has 0 fully saturated rings. The van der Waals surface area contributed by atoms with Crippen LogP contribution in [0.2, 0.25) is 5.02 Å². The average Bonchev–Trinajstić information content (AvgIpc) is 2.79. The molecule has 0 saturated carbocycles. The molecule has 0 aliphatic carbocycles. The maximum absolute atomic E-state index is 12.6. The van der Waals surface area contributed by atoms with Crippen molar-refractivity contribution in [3.8, 4) is 0 Å². The highest BCUT2D eigenvalue weighted by atomic mass is 79.9. The highest BCUT2D eigenvalue weighted by Gasteiger charge is 2.31. The van der Waals surface area contributed by atoms with Gasteiger partial charge in [-0.2, -0.15) is 18.3 Å². The second-order valence-corrected chi connectivity index (χ2v) is 6.34. The van der Waals surface area contributed by atoms with Crippen LogP contribution in [0, 0.1) is 6.92 Å². The minimum Gasteiger partial charge on any atom is -0.366 e. The van der Waals surface area contributed by atoms with E-state index in [2.05, 4.69) is 26.3 Å². The number of halogens is 5. The third-order valence-corrected chi connectivity index (χ3v) is 3.72. The van der Waals surface area contributed by atoms with Crippen LogP contribution in [0.4, 0.5) is 18.9 Å². The van der Waals surface area contributed by atoms with E-state index >= 15 is 0 Å². The van der Waals surface area contributed by atoms with Gasteiger partial charge in [-0.15, -0.1) is 0 Å². The first-order valence-electron chi connectivity index (χ1n) is 6.69. The first kappa shape index (κ1) is 19.3. The van der Waals surface area contributed by atoms with Crippen molar-refractivity contribution in [3.05, 3.63) is 44.6 Å². The Morgan fingerprint density at radius 2 is 2.00 bits per heavy atom. The monoisotopic (exact) mass is 438 g/mol. The van der Waals surface area contributed by atoms with E-state index in [0.717, 1.165) is 6.07 Å². The molecule has 2 rings (SSSR count). The molecule has 2 aromatic rings. The number of aryl methyl sites for hydroxylation is 1. The number of carbonyl (C=O) groups is 2. The Bertz CT molecular complexity index is 851. The van der Waals surface area contributed by atoms with E-state index in [0.29, 0.717) is 10.2 Å². The molecule has 1 aromatic carbocycles. The fourth-order valence-electron chi connectivity index (χ4n) is 2.14. The Morgan fingerprint density at radius 1 is 1.36 bits per heavy atom. The predicted molar refractivity (Wildman–Crippen MR) is 88.6 cm³/mol. The Balaban J connectivity index is 2.40. The van der Waals surface area contributed by atoms with Gasteiger partial charge in [0.1, 0.15) is 16.8 Å². The lowest BCUT2D eigenvalue weighted by atomic mass is 10.1. The molecule has 134 valence electrons. The highest BCUT2D eigenvalue weighted by molar-refractivity contribution is 9.10. The van der Waals surface area contributed by atoms with Gasteiger partial charge in [0, 0.05) is 11.1 Å². The number of primary amides is 1. The fourth-order valence-corrected chi connectivity index (χ4v) is 2.82. The molecule has 6 nitrogen and oxygen atoms in total. The molecule has 0 saturated heterocycles. The van der Waals surface area contributed by atoms with Gasteiger partial charge in [-0.1, -0.05) is 11.6 Å². The Kier molecular flexibility index (Phi) is 5.43. The van der Waals surface area contributed by atoms with Crippen LogP contribution in [0.1, 0.15) is 26.4 Å². The SMILES string of the molecule is Cc1cc(Cl)cc(C(N)=O)c1NC(=O)c1cc(Br)nn1CC(F)(F)F. The first-order valence-corrected chi connectivity index (χ1v) is 7.86. The number of anilines is 1. The molecule has 1 heterocycles. The average molecular weight is 440 g/mol. The maximum atomic E-state index is 12.6. The molecule has 25 heavy (non-hydrogen) atoms. The number of amides is 2. The van der Waals surface area contributed by atoms with E-state index in [1.165, 1.54) is 12.1 Å². The Morgan fingerprint density at radius 3 is 2.56 bits per heavy atom. The van der Waals surface area contributed by atoms with Crippen molar-refractivity contribution in [3.63, 3.8) is 0 Å². The molecular formula is C14H11BrClF3N4O2. The summed E-state index contributed by atoms with van der Waals surface area (Å²) in [4.78, 5) is 23.9. The minimum absolute atomic E-state index is 0.0562. The number of carbonyl (C=O) groups excluding carboxylic acids is 2. The van der Waals surface area contributed by atoms with Crippen molar-refractivity contribution in [2.75, 3.05) is 5.32 Å². The van der Waals surface area contributed by atoms with Gasteiger partial charge in [0.05, 0.1) is 11.3 Å².